The second kappa shape index (κ2) is 25.0. The standard InChI is InChI=1S/C54H85NO13Si/c1-32-17-14-13-15-18-33(2)44(63-7)29-39-22-20-37(6)54(62,68-39)51(59)52(60)55-24-16-19-40-41(27-38-21-23-43(46(28-38)64-8)66-31-69(10,11)12)45(67-53(61)47(40)55)30-42(56)34(3)26-36(5)49(58)50(65-9)48(57)35(4)25-32/h13-15,17-18,26,32,35-41,43-47,49-50,58,62H,16,19-25,27-31H2,1-12H3/t32-,35-,36?,37-,38+,39+,40?,41+,43-,44+,45+,46-,47+,49-,50+,54-/m1/s1. The molecule has 15 heteroatoms. The number of hydrogen-bond acceptors (Lipinski definition) is 13. The van der Waals surface area contributed by atoms with Crippen LogP contribution in [0.25, 0.3) is 0 Å². The monoisotopic (exact) mass is 984 g/mol. The Morgan fingerprint density at radius 3 is 2.25 bits per heavy atom. The molecule has 6 bridgehead atoms. The summed E-state index contributed by atoms with van der Waals surface area (Å²) in [5, 5.41) is 23.6. The first kappa shape index (κ1) is 56.8. The third-order valence-corrected chi connectivity index (χ3v) is 16.7. The highest BCUT2D eigenvalue weighted by molar-refractivity contribution is 6.76. The maximum absolute atomic E-state index is 14.6. The highest BCUT2D eigenvalue weighted by atomic mass is 28.3. The highest BCUT2D eigenvalue weighted by Gasteiger charge is 2.57. The number of rotatable bonds is 8. The predicted molar refractivity (Wildman–Crippen MR) is 265 cm³/mol. The van der Waals surface area contributed by atoms with Crippen molar-refractivity contribution in [3.05, 3.63) is 47.6 Å². The van der Waals surface area contributed by atoms with Gasteiger partial charge in [0.15, 0.2) is 11.6 Å². The van der Waals surface area contributed by atoms with Gasteiger partial charge in [0.05, 0.1) is 38.6 Å². The molecule has 4 aliphatic heterocycles. The Labute approximate surface area is 413 Å². The van der Waals surface area contributed by atoms with Gasteiger partial charge in [-0.25, -0.2) is 4.79 Å². The van der Waals surface area contributed by atoms with Gasteiger partial charge in [0.25, 0.3) is 11.7 Å². The Hall–Kier alpha value is -3.15. The van der Waals surface area contributed by atoms with Crippen LogP contribution in [0.3, 0.4) is 0 Å². The number of hydrogen-bond donors (Lipinski definition) is 2. The SMILES string of the molecule is CO[C@H]1C[C@@H]2CC[C@@H](C)[C@@](O)(O2)C(=O)C(=O)N2CCCC3[C@H]2C(=O)O[C@@H](CC(=O)C(C)=CC(C)[C@@H](O)[C@@H](OC)C(=O)[C@H](C)C[C@H](C)C=CC=CC=C1C)[C@H]3C[C@@H]1CC[C@@H](OC[Si](C)(C)C)[C@H](OC)C1. The molecule has 1 amide bonds. The fourth-order valence-electron chi connectivity index (χ4n) is 11.5. The summed E-state index contributed by atoms with van der Waals surface area (Å²) in [7, 11) is 3.21. The molecule has 5 aliphatic rings. The number of carbonyl (C=O) groups is 5. The zero-order valence-corrected chi connectivity index (χ0v) is 44.6. The van der Waals surface area contributed by atoms with Crippen molar-refractivity contribution >= 4 is 37.3 Å². The minimum Gasteiger partial charge on any atom is -0.460 e. The summed E-state index contributed by atoms with van der Waals surface area (Å²) in [6.07, 6.45) is 13.2. The first-order chi connectivity index (χ1) is 32.5. The van der Waals surface area contributed by atoms with Gasteiger partial charge in [-0.05, 0) is 101 Å². The predicted octanol–water partition coefficient (Wildman–Crippen LogP) is 7.30. The van der Waals surface area contributed by atoms with Crippen LogP contribution >= 0.6 is 0 Å². The molecule has 2 unspecified atom stereocenters. The number of methoxy groups -OCH3 is 3. The van der Waals surface area contributed by atoms with Gasteiger partial charge in [-0.15, -0.1) is 0 Å². The number of Topliss-reactive ketones (excluding diaryl/α,β-unsaturated/α-hetero) is 3. The van der Waals surface area contributed by atoms with Crippen LogP contribution in [0.4, 0.5) is 0 Å². The van der Waals surface area contributed by atoms with Crippen molar-refractivity contribution in [3.8, 4) is 0 Å². The fraction of sp³-hybridized carbons (Fsp3) is 0.759. The van der Waals surface area contributed by atoms with E-state index in [0.29, 0.717) is 56.9 Å². The lowest BCUT2D eigenvalue weighted by molar-refractivity contribution is -0.266. The molecular formula is C54H85NO13Si. The van der Waals surface area contributed by atoms with Crippen molar-refractivity contribution in [2.75, 3.05) is 34.1 Å². The van der Waals surface area contributed by atoms with Crippen molar-refractivity contribution in [2.45, 2.75) is 186 Å². The smallest absolute Gasteiger partial charge is 0.329 e. The second-order valence-corrected chi connectivity index (χ2v) is 27.8. The summed E-state index contributed by atoms with van der Waals surface area (Å²) >= 11 is 0. The summed E-state index contributed by atoms with van der Waals surface area (Å²) in [5.74, 6) is -8.14. The van der Waals surface area contributed by atoms with E-state index in [0.717, 1.165) is 24.6 Å². The molecule has 0 aromatic heterocycles. The molecule has 4 heterocycles. The maximum Gasteiger partial charge on any atom is 0.329 e. The normalized spacial score (nSPS) is 38.7. The number of aliphatic hydroxyl groups excluding tert-OH is 1. The van der Waals surface area contributed by atoms with Gasteiger partial charge >= 0.3 is 5.97 Å². The Morgan fingerprint density at radius 2 is 1.58 bits per heavy atom. The molecule has 4 fully saturated rings. The quantitative estimate of drug-likeness (QED) is 0.140. The van der Waals surface area contributed by atoms with Crippen molar-refractivity contribution in [1.82, 2.24) is 4.90 Å². The molecular weight excluding hydrogens is 899 g/mol. The Balaban J connectivity index is 1.50. The fourth-order valence-corrected chi connectivity index (χ4v) is 12.2. The van der Waals surface area contributed by atoms with Gasteiger partial charge in [-0.1, -0.05) is 83.8 Å². The number of nitrogens with zero attached hydrogens (tertiary/aromatic N) is 1. The molecule has 0 radical (unpaired) electrons. The van der Waals surface area contributed by atoms with E-state index in [1.807, 2.05) is 51.2 Å². The molecule has 5 rings (SSSR count). The summed E-state index contributed by atoms with van der Waals surface area (Å²) in [6, 6.07) is -1.11. The van der Waals surface area contributed by atoms with Crippen LogP contribution in [0.1, 0.15) is 112 Å². The minimum absolute atomic E-state index is 0.0296. The van der Waals surface area contributed by atoms with Crippen LogP contribution in [0.2, 0.25) is 19.6 Å². The number of piperidine rings is 1. The molecule has 2 N–H and O–H groups in total. The zero-order chi connectivity index (χ0) is 51.0. The summed E-state index contributed by atoms with van der Waals surface area (Å²) in [5.41, 5.74) is 1.24. The molecule has 16 atom stereocenters. The van der Waals surface area contributed by atoms with Gasteiger partial charge in [0.1, 0.15) is 18.2 Å². The van der Waals surface area contributed by atoms with Crippen molar-refractivity contribution in [2.24, 2.45) is 41.4 Å². The lowest BCUT2D eigenvalue weighted by Gasteiger charge is -2.50. The first-order valence-corrected chi connectivity index (χ1v) is 29.3. The van der Waals surface area contributed by atoms with E-state index in [1.54, 1.807) is 41.1 Å². The largest absolute Gasteiger partial charge is 0.460 e. The lowest BCUT2D eigenvalue weighted by atomic mass is 9.68. The number of fused-ring (bicyclic) bond motifs is 3. The van der Waals surface area contributed by atoms with Crippen LogP contribution in [-0.2, 0) is 52.4 Å². The average Bonchev–Trinajstić information content (AvgIpc) is 3.30. The number of carbonyl (C=O) groups excluding carboxylic acids is 5. The number of amides is 1. The van der Waals surface area contributed by atoms with Crippen LogP contribution < -0.4 is 0 Å². The Morgan fingerprint density at radius 1 is 0.855 bits per heavy atom. The van der Waals surface area contributed by atoms with E-state index in [2.05, 4.69) is 19.6 Å². The summed E-state index contributed by atoms with van der Waals surface area (Å²) in [4.78, 5) is 72.8. The van der Waals surface area contributed by atoms with Crippen molar-refractivity contribution < 1.29 is 62.6 Å². The zero-order valence-electron chi connectivity index (χ0n) is 43.6. The van der Waals surface area contributed by atoms with E-state index < -0.39 is 91.8 Å². The van der Waals surface area contributed by atoms with Crippen LogP contribution in [-0.4, -0.2) is 141 Å². The third-order valence-electron chi connectivity index (χ3n) is 15.6. The number of ether oxygens (including phenoxy) is 6. The first-order valence-electron chi connectivity index (χ1n) is 25.6. The van der Waals surface area contributed by atoms with Gasteiger partial charge in [-0.2, -0.15) is 0 Å². The molecule has 1 saturated carbocycles. The lowest BCUT2D eigenvalue weighted by Crippen LogP contribution is -2.65. The number of ketones is 3. The topological polar surface area (TPSA) is 184 Å². The molecule has 3 saturated heterocycles. The van der Waals surface area contributed by atoms with Crippen LogP contribution in [0.15, 0.2) is 47.6 Å². The van der Waals surface area contributed by atoms with Crippen molar-refractivity contribution in [3.63, 3.8) is 0 Å². The Kier molecular flexibility index (Phi) is 20.6. The molecule has 0 aromatic carbocycles. The Bertz CT molecular complexity index is 1920. The molecule has 388 valence electrons. The highest BCUT2D eigenvalue weighted by Crippen LogP contribution is 2.45. The molecule has 69 heavy (non-hydrogen) atoms. The van der Waals surface area contributed by atoms with E-state index in [-0.39, 0.29) is 54.5 Å². The number of allylic oxidation sites excluding steroid dienone is 6. The van der Waals surface area contributed by atoms with E-state index in [4.69, 9.17) is 28.4 Å². The third kappa shape index (κ3) is 14.3. The van der Waals surface area contributed by atoms with E-state index in [9.17, 15) is 34.2 Å². The molecule has 0 aromatic rings. The van der Waals surface area contributed by atoms with E-state index >= 15 is 0 Å². The van der Waals surface area contributed by atoms with Gasteiger partial charge in [0, 0.05) is 70.6 Å². The van der Waals surface area contributed by atoms with E-state index in [1.165, 1.54) is 12.0 Å². The summed E-state index contributed by atoms with van der Waals surface area (Å²) in [6.45, 7) is 17.8. The van der Waals surface area contributed by atoms with Gasteiger partial charge < -0.3 is 43.5 Å². The second-order valence-electron chi connectivity index (χ2n) is 22.4. The number of aliphatic hydroxyl groups is 2. The summed E-state index contributed by atoms with van der Waals surface area (Å²) < 4.78 is 36.5. The van der Waals surface area contributed by atoms with Crippen molar-refractivity contribution in [1.29, 1.82) is 0 Å². The number of esters is 1. The molecule has 14 nitrogen and oxygen atoms in total. The maximum atomic E-state index is 14.6. The molecule has 0 spiro atoms. The van der Waals surface area contributed by atoms with Gasteiger partial charge in [-0.3, -0.25) is 19.2 Å². The van der Waals surface area contributed by atoms with Crippen LogP contribution in [0, 0.1) is 41.4 Å². The van der Waals surface area contributed by atoms with Crippen LogP contribution in [0.5, 0.6) is 0 Å². The molecule has 1 aliphatic carbocycles. The van der Waals surface area contributed by atoms with Gasteiger partial charge in [0.2, 0.25) is 5.79 Å². The minimum atomic E-state index is -2.43. The average molecular weight is 984 g/mol.